The third-order valence-electron chi connectivity index (χ3n) is 0.577. The minimum atomic E-state index is -0.758. The van der Waals surface area contributed by atoms with E-state index >= 15 is 0 Å². The molecule has 0 amide bonds. The third kappa shape index (κ3) is 4.18. The first-order chi connectivity index (χ1) is 2.77. The van der Waals surface area contributed by atoms with E-state index in [9.17, 15) is 0 Å². The summed E-state index contributed by atoms with van der Waals surface area (Å²) in [4.78, 5) is 8.32. The Hall–Kier alpha value is 0.177. The lowest BCUT2D eigenvalue weighted by Crippen LogP contribution is -1.95. The first-order valence-electron chi connectivity index (χ1n) is 2.21. The molecule has 37 valence electrons. The van der Waals surface area contributed by atoms with Crippen LogP contribution in [0.5, 0.6) is 0 Å². The Morgan fingerprint density at radius 2 is 2.17 bits per heavy atom. The van der Waals surface area contributed by atoms with Crippen LogP contribution in [0.25, 0.3) is 0 Å². The van der Waals surface area contributed by atoms with Gasteiger partial charge < -0.3 is 4.80 Å². The summed E-state index contributed by atoms with van der Waals surface area (Å²) in [5.41, 5.74) is 0. The second-order valence-corrected chi connectivity index (χ2v) is 2.50. The molecule has 1 nitrogen and oxygen atoms in total. The minimum Gasteiger partial charge on any atom is -0.438 e. The smallest absolute Gasteiger partial charge is 0.160 e. The molecular weight excluding hydrogens is 92.1 g/mol. The molecule has 6 heavy (non-hydrogen) atoms. The van der Waals surface area contributed by atoms with Crippen LogP contribution >= 0.6 is 0 Å². The van der Waals surface area contributed by atoms with E-state index in [0.717, 1.165) is 0 Å². The quantitative estimate of drug-likeness (QED) is 0.483. The van der Waals surface area contributed by atoms with E-state index in [2.05, 4.69) is 13.8 Å². The second-order valence-electron chi connectivity index (χ2n) is 1.66. The van der Waals surface area contributed by atoms with Crippen molar-refractivity contribution < 1.29 is 4.80 Å². The van der Waals surface area contributed by atoms with Crippen LogP contribution in [0.1, 0.15) is 13.8 Å². The first-order valence-corrected chi connectivity index (χ1v) is 3.66. The summed E-state index contributed by atoms with van der Waals surface area (Å²) in [5.74, 6) is 0.585. The van der Waals surface area contributed by atoms with Crippen molar-refractivity contribution in [3.05, 3.63) is 6.04 Å². The van der Waals surface area contributed by atoms with Gasteiger partial charge in [-0.1, -0.05) is 13.8 Å². The largest absolute Gasteiger partial charge is 0.438 e. The molecule has 1 radical (unpaired) electrons. The highest BCUT2D eigenvalue weighted by Crippen LogP contribution is 1.91. The highest BCUT2D eigenvalue weighted by molar-refractivity contribution is 6.30. The van der Waals surface area contributed by atoms with Crippen molar-refractivity contribution in [2.24, 2.45) is 5.92 Å². The van der Waals surface area contributed by atoms with E-state index < -0.39 is 9.76 Å². The molecule has 0 saturated heterocycles. The SMILES string of the molecule is CC(C)[CH][SiH2]O. The molecule has 0 unspecified atom stereocenters. The standard InChI is InChI=1S/C4H11OSi/c1-4(2)3-6-5/h3-5H,6H2,1-2H3. The summed E-state index contributed by atoms with van der Waals surface area (Å²) in [7, 11) is -0.758. The van der Waals surface area contributed by atoms with Crippen molar-refractivity contribution >= 4 is 9.76 Å². The van der Waals surface area contributed by atoms with Crippen molar-refractivity contribution in [1.29, 1.82) is 0 Å². The molecule has 0 aromatic rings. The maximum absolute atomic E-state index is 8.32. The summed E-state index contributed by atoms with van der Waals surface area (Å²) in [5, 5.41) is 0. The van der Waals surface area contributed by atoms with Gasteiger partial charge in [-0.25, -0.2) is 0 Å². The van der Waals surface area contributed by atoms with Crippen LogP contribution in [0, 0.1) is 12.0 Å². The van der Waals surface area contributed by atoms with Gasteiger partial charge in [-0.2, -0.15) is 0 Å². The molecule has 0 saturated carbocycles. The Balaban J connectivity index is 2.63. The molecule has 2 heteroatoms. The van der Waals surface area contributed by atoms with Crippen LogP contribution < -0.4 is 0 Å². The van der Waals surface area contributed by atoms with Gasteiger partial charge >= 0.3 is 0 Å². The summed E-state index contributed by atoms with van der Waals surface area (Å²) in [6.07, 6.45) is 0. The van der Waals surface area contributed by atoms with E-state index in [0.29, 0.717) is 5.92 Å². The summed E-state index contributed by atoms with van der Waals surface area (Å²) in [6, 6.07) is 1.99. The van der Waals surface area contributed by atoms with Gasteiger partial charge in [0.15, 0.2) is 9.76 Å². The summed E-state index contributed by atoms with van der Waals surface area (Å²) in [6.45, 7) is 4.15. The highest BCUT2D eigenvalue weighted by atomic mass is 28.2. The van der Waals surface area contributed by atoms with Crippen LogP contribution in [-0.2, 0) is 0 Å². The van der Waals surface area contributed by atoms with Crippen LogP contribution in [0.4, 0.5) is 0 Å². The fourth-order valence-electron chi connectivity index (χ4n) is 0.211. The molecule has 0 spiro atoms. The minimum absolute atomic E-state index is 0.585. The van der Waals surface area contributed by atoms with Gasteiger partial charge in [0.1, 0.15) is 0 Å². The fourth-order valence-corrected chi connectivity index (χ4v) is 0.632. The Morgan fingerprint density at radius 1 is 1.67 bits per heavy atom. The second kappa shape index (κ2) is 3.37. The molecule has 0 rings (SSSR count). The van der Waals surface area contributed by atoms with Crippen molar-refractivity contribution in [1.82, 2.24) is 0 Å². The molecule has 0 aliphatic heterocycles. The molecule has 0 aromatic carbocycles. The van der Waals surface area contributed by atoms with Gasteiger partial charge in [0.05, 0.1) is 0 Å². The van der Waals surface area contributed by atoms with Crippen LogP contribution in [0.3, 0.4) is 0 Å². The number of rotatable bonds is 2. The topological polar surface area (TPSA) is 20.2 Å². The van der Waals surface area contributed by atoms with Gasteiger partial charge in [0.25, 0.3) is 0 Å². The Bertz CT molecular complexity index is 28.7. The molecule has 0 fully saturated rings. The molecule has 0 aliphatic carbocycles. The summed E-state index contributed by atoms with van der Waals surface area (Å²) >= 11 is 0. The zero-order valence-electron chi connectivity index (χ0n) is 4.31. The van der Waals surface area contributed by atoms with Gasteiger partial charge in [-0.3, -0.25) is 0 Å². The normalized spacial score (nSPS) is 12.0. The lowest BCUT2D eigenvalue weighted by Gasteiger charge is -1.94. The fraction of sp³-hybridized carbons (Fsp3) is 0.750. The maximum atomic E-state index is 8.32. The average Bonchev–Trinajstić information content (AvgIpc) is 1.35. The molecule has 0 heterocycles. The van der Waals surface area contributed by atoms with Crippen molar-refractivity contribution in [2.45, 2.75) is 13.8 Å². The van der Waals surface area contributed by atoms with E-state index in [1.807, 2.05) is 6.04 Å². The van der Waals surface area contributed by atoms with Crippen molar-refractivity contribution in [3.63, 3.8) is 0 Å². The van der Waals surface area contributed by atoms with E-state index in [1.165, 1.54) is 0 Å². The van der Waals surface area contributed by atoms with Gasteiger partial charge in [0.2, 0.25) is 0 Å². The van der Waals surface area contributed by atoms with E-state index in [4.69, 9.17) is 4.80 Å². The highest BCUT2D eigenvalue weighted by Gasteiger charge is 1.88. The van der Waals surface area contributed by atoms with Crippen LogP contribution in [-0.4, -0.2) is 14.6 Å². The van der Waals surface area contributed by atoms with Crippen molar-refractivity contribution in [2.75, 3.05) is 0 Å². The third-order valence-corrected chi connectivity index (χ3v) is 1.73. The predicted molar refractivity (Wildman–Crippen MR) is 29.9 cm³/mol. The lowest BCUT2D eigenvalue weighted by molar-refractivity contribution is 0.598. The molecule has 0 bridgehead atoms. The van der Waals surface area contributed by atoms with E-state index in [1.54, 1.807) is 0 Å². The first kappa shape index (κ1) is 6.18. The van der Waals surface area contributed by atoms with E-state index in [-0.39, 0.29) is 0 Å². The zero-order chi connectivity index (χ0) is 4.99. The molecule has 0 aromatic heterocycles. The molecular formula is C4H11OSi. The van der Waals surface area contributed by atoms with Gasteiger partial charge in [0, 0.05) is 0 Å². The lowest BCUT2D eigenvalue weighted by atomic mass is 10.3. The maximum Gasteiger partial charge on any atom is 0.160 e. The molecule has 0 atom stereocenters. The van der Waals surface area contributed by atoms with Gasteiger partial charge in [-0.05, 0) is 12.0 Å². The number of hydrogen-bond acceptors (Lipinski definition) is 1. The monoisotopic (exact) mass is 103 g/mol. The Labute approximate surface area is 41.3 Å². The zero-order valence-corrected chi connectivity index (χ0v) is 5.72. The number of hydrogen-bond donors (Lipinski definition) is 1. The predicted octanol–water partition coefficient (Wildman–Crippen LogP) is -0.120. The van der Waals surface area contributed by atoms with Crippen molar-refractivity contribution in [3.8, 4) is 0 Å². The van der Waals surface area contributed by atoms with Gasteiger partial charge in [-0.15, -0.1) is 0 Å². The average molecular weight is 103 g/mol. The van der Waals surface area contributed by atoms with Crippen LogP contribution in [0.15, 0.2) is 0 Å². The van der Waals surface area contributed by atoms with Crippen LogP contribution in [0.2, 0.25) is 0 Å². The molecule has 0 aliphatic rings. The Morgan fingerprint density at radius 3 is 2.17 bits per heavy atom. The summed E-state index contributed by atoms with van der Waals surface area (Å²) < 4.78 is 0. The molecule has 1 N–H and O–H groups in total. The Kier molecular flexibility index (Phi) is 3.47.